The molecule has 1 heterocycles. The highest BCUT2D eigenvalue weighted by molar-refractivity contribution is 5.44. The maximum Gasteiger partial charge on any atom is 0.418 e. The molecule has 0 unspecified atom stereocenters. The van der Waals surface area contributed by atoms with Crippen molar-refractivity contribution in [1.29, 1.82) is 0 Å². The van der Waals surface area contributed by atoms with E-state index in [4.69, 9.17) is 5.73 Å². The Morgan fingerprint density at radius 2 is 1.85 bits per heavy atom. The summed E-state index contributed by atoms with van der Waals surface area (Å²) in [6.45, 7) is 3.10. The molecule has 0 aliphatic carbocycles. The van der Waals surface area contributed by atoms with Gasteiger partial charge >= 0.3 is 11.9 Å². The first kappa shape index (κ1) is 14.3. The van der Waals surface area contributed by atoms with E-state index in [1.54, 1.807) is 13.8 Å². The van der Waals surface area contributed by atoms with Gasteiger partial charge in [-0.25, -0.2) is 14.5 Å². The molecule has 0 saturated carbocycles. The summed E-state index contributed by atoms with van der Waals surface area (Å²) in [6.07, 6.45) is -4.58. The van der Waals surface area contributed by atoms with Crippen molar-refractivity contribution in [3.63, 3.8) is 0 Å². The van der Waals surface area contributed by atoms with E-state index < -0.39 is 23.0 Å². The summed E-state index contributed by atoms with van der Waals surface area (Å²) < 4.78 is 39.9. The van der Waals surface area contributed by atoms with E-state index in [0.717, 1.165) is 10.6 Å². The molecular formula is C12H13F3N4O. The number of hydrogen-bond donors (Lipinski definition) is 2. The second-order valence-electron chi connectivity index (χ2n) is 4.92. The van der Waals surface area contributed by atoms with Gasteiger partial charge in [0.15, 0.2) is 5.82 Å². The highest BCUT2D eigenvalue weighted by Crippen LogP contribution is 2.34. The first-order chi connectivity index (χ1) is 9.12. The number of halogens is 3. The van der Waals surface area contributed by atoms with Crippen LogP contribution in [0.15, 0.2) is 29.1 Å². The van der Waals surface area contributed by atoms with E-state index in [0.29, 0.717) is 0 Å². The fraction of sp³-hybridized carbons (Fsp3) is 0.333. The van der Waals surface area contributed by atoms with Crippen LogP contribution in [-0.4, -0.2) is 14.8 Å². The Balaban J connectivity index is 2.77. The molecule has 1 aromatic heterocycles. The number of aromatic nitrogens is 3. The number of alkyl halides is 3. The molecule has 0 saturated heterocycles. The lowest BCUT2D eigenvalue weighted by molar-refractivity contribution is -0.137. The Hall–Kier alpha value is -2.09. The highest BCUT2D eigenvalue weighted by Gasteiger charge is 2.35. The lowest BCUT2D eigenvalue weighted by Crippen LogP contribution is -2.34. The van der Waals surface area contributed by atoms with Crippen molar-refractivity contribution in [2.24, 2.45) is 5.73 Å². The SMILES string of the molecule is CC(C)(N)c1n[nH]c(=O)n1-c1ccccc1C(F)(F)F. The Morgan fingerprint density at radius 1 is 1.25 bits per heavy atom. The molecule has 108 valence electrons. The molecule has 2 rings (SSSR count). The van der Waals surface area contributed by atoms with E-state index in [1.807, 2.05) is 0 Å². The molecule has 0 spiro atoms. The summed E-state index contributed by atoms with van der Waals surface area (Å²) in [6, 6.07) is 4.78. The molecule has 3 N–H and O–H groups in total. The van der Waals surface area contributed by atoms with Gasteiger partial charge in [-0.2, -0.15) is 18.3 Å². The number of hydrogen-bond acceptors (Lipinski definition) is 3. The van der Waals surface area contributed by atoms with Crippen LogP contribution >= 0.6 is 0 Å². The average molecular weight is 286 g/mol. The van der Waals surface area contributed by atoms with Gasteiger partial charge in [-0.05, 0) is 26.0 Å². The molecule has 5 nitrogen and oxygen atoms in total. The third-order valence-electron chi connectivity index (χ3n) is 2.70. The van der Waals surface area contributed by atoms with Gasteiger partial charge in [0.2, 0.25) is 0 Å². The standard InChI is InChI=1S/C12H13F3N4O/c1-11(2,16)9-17-18-10(20)19(9)8-6-4-3-5-7(8)12(13,14)15/h3-6H,16H2,1-2H3,(H,18,20). The maximum absolute atomic E-state index is 13.0. The third kappa shape index (κ3) is 2.46. The minimum atomic E-state index is -4.58. The van der Waals surface area contributed by atoms with Crippen LogP contribution < -0.4 is 11.4 Å². The molecule has 0 radical (unpaired) electrons. The highest BCUT2D eigenvalue weighted by atomic mass is 19.4. The minimum absolute atomic E-state index is 0.0270. The van der Waals surface area contributed by atoms with Crippen molar-refractivity contribution in [3.05, 3.63) is 46.1 Å². The van der Waals surface area contributed by atoms with Crippen LogP contribution in [0.2, 0.25) is 0 Å². The van der Waals surface area contributed by atoms with E-state index >= 15 is 0 Å². The number of aromatic amines is 1. The van der Waals surface area contributed by atoms with E-state index in [-0.39, 0.29) is 11.5 Å². The Labute approximate surface area is 112 Å². The van der Waals surface area contributed by atoms with Crippen LogP contribution in [0.5, 0.6) is 0 Å². The van der Waals surface area contributed by atoms with Crippen molar-refractivity contribution in [3.8, 4) is 5.69 Å². The zero-order valence-corrected chi connectivity index (χ0v) is 10.8. The predicted molar refractivity (Wildman–Crippen MR) is 66.4 cm³/mol. The first-order valence-corrected chi connectivity index (χ1v) is 5.76. The average Bonchev–Trinajstić information content (AvgIpc) is 2.69. The number of rotatable bonds is 2. The van der Waals surface area contributed by atoms with E-state index in [1.165, 1.54) is 18.2 Å². The first-order valence-electron chi connectivity index (χ1n) is 5.76. The summed E-state index contributed by atoms with van der Waals surface area (Å²) in [5.74, 6) is 0.0270. The van der Waals surface area contributed by atoms with Crippen molar-refractivity contribution >= 4 is 0 Å². The molecule has 0 atom stereocenters. The van der Waals surface area contributed by atoms with Gasteiger partial charge in [0.25, 0.3) is 0 Å². The lowest BCUT2D eigenvalue weighted by atomic mass is 10.1. The third-order valence-corrected chi connectivity index (χ3v) is 2.70. The van der Waals surface area contributed by atoms with Gasteiger partial charge in [-0.15, -0.1) is 0 Å². The minimum Gasteiger partial charge on any atom is -0.319 e. The summed E-state index contributed by atoms with van der Waals surface area (Å²) in [5, 5.41) is 5.85. The second kappa shape index (κ2) is 4.48. The molecule has 0 fully saturated rings. The number of nitrogens with zero attached hydrogens (tertiary/aromatic N) is 2. The topological polar surface area (TPSA) is 76.7 Å². The number of para-hydroxylation sites is 1. The zero-order chi connectivity index (χ0) is 15.1. The van der Waals surface area contributed by atoms with Gasteiger partial charge in [0.05, 0.1) is 16.8 Å². The molecule has 8 heteroatoms. The molecule has 0 amide bonds. The normalized spacial score (nSPS) is 12.7. The van der Waals surface area contributed by atoms with Crippen LogP contribution in [-0.2, 0) is 11.7 Å². The molecule has 20 heavy (non-hydrogen) atoms. The Kier molecular flexibility index (Phi) is 3.21. The molecular weight excluding hydrogens is 273 g/mol. The van der Waals surface area contributed by atoms with E-state index in [9.17, 15) is 18.0 Å². The van der Waals surface area contributed by atoms with Crippen molar-refractivity contribution in [2.45, 2.75) is 25.6 Å². The quantitative estimate of drug-likeness (QED) is 0.883. The Bertz CT molecular complexity index is 679. The number of nitrogens with one attached hydrogen (secondary N) is 1. The smallest absolute Gasteiger partial charge is 0.319 e. The van der Waals surface area contributed by atoms with Gasteiger partial charge in [-0.1, -0.05) is 12.1 Å². The number of H-pyrrole nitrogens is 1. The van der Waals surface area contributed by atoms with Crippen LogP contribution in [0.3, 0.4) is 0 Å². The number of nitrogens with two attached hydrogens (primary N) is 1. The van der Waals surface area contributed by atoms with Gasteiger partial charge in [0, 0.05) is 0 Å². The summed E-state index contributed by atoms with van der Waals surface area (Å²) in [5.41, 5.74) is 2.78. The largest absolute Gasteiger partial charge is 0.418 e. The van der Waals surface area contributed by atoms with Gasteiger partial charge in [-0.3, -0.25) is 0 Å². The lowest BCUT2D eigenvalue weighted by Gasteiger charge is -2.20. The molecule has 0 aliphatic rings. The molecule has 2 aromatic rings. The summed E-state index contributed by atoms with van der Waals surface area (Å²) in [7, 11) is 0. The molecule has 0 aliphatic heterocycles. The molecule has 1 aromatic carbocycles. The van der Waals surface area contributed by atoms with Crippen LogP contribution in [0.4, 0.5) is 13.2 Å². The van der Waals surface area contributed by atoms with Crippen LogP contribution in [0.1, 0.15) is 25.2 Å². The predicted octanol–water partition coefficient (Wildman–Crippen LogP) is 1.77. The Morgan fingerprint density at radius 3 is 2.40 bits per heavy atom. The maximum atomic E-state index is 13.0. The summed E-state index contributed by atoms with van der Waals surface area (Å²) >= 11 is 0. The molecule has 0 bridgehead atoms. The number of benzene rings is 1. The zero-order valence-electron chi connectivity index (χ0n) is 10.8. The van der Waals surface area contributed by atoms with Crippen LogP contribution in [0.25, 0.3) is 5.69 Å². The summed E-state index contributed by atoms with van der Waals surface area (Å²) in [4.78, 5) is 11.8. The fourth-order valence-electron chi connectivity index (χ4n) is 1.86. The van der Waals surface area contributed by atoms with Gasteiger partial charge < -0.3 is 5.73 Å². The van der Waals surface area contributed by atoms with Crippen molar-refractivity contribution in [2.75, 3.05) is 0 Å². The van der Waals surface area contributed by atoms with Gasteiger partial charge in [0.1, 0.15) is 0 Å². The van der Waals surface area contributed by atoms with E-state index in [2.05, 4.69) is 10.2 Å². The fourth-order valence-corrected chi connectivity index (χ4v) is 1.86. The van der Waals surface area contributed by atoms with Crippen molar-refractivity contribution in [1.82, 2.24) is 14.8 Å². The van der Waals surface area contributed by atoms with Crippen LogP contribution in [0, 0.1) is 0 Å². The monoisotopic (exact) mass is 286 g/mol. The van der Waals surface area contributed by atoms with Crippen molar-refractivity contribution < 1.29 is 13.2 Å². The second-order valence-corrected chi connectivity index (χ2v) is 4.92.